The van der Waals surface area contributed by atoms with Crippen molar-refractivity contribution in [1.29, 1.82) is 0 Å². The van der Waals surface area contributed by atoms with Gasteiger partial charge in [-0.3, -0.25) is 9.89 Å². The fourth-order valence-corrected chi connectivity index (χ4v) is 4.84. The third-order valence-corrected chi connectivity index (χ3v) is 6.79. The lowest BCUT2D eigenvalue weighted by Gasteiger charge is -2.10. The summed E-state index contributed by atoms with van der Waals surface area (Å²) in [6, 6.07) is 18.8. The number of carbonyl (C=O) groups excluding carboxylic acids is 1. The number of amides is 1. The van der Waals surface area contributed by atoms with Crippen molar-refractivity contribution in [2.45, 2.75) is 33.6 Å². The lowest BCUT2D eigenvalue weighted by molar-refractivity contribution is 0.0945. The molecule has 0 radical (unpaired) electrons. The summed E-state index contributed by atoms with van der Waals surface area (Å²) in [5.74, 6) is 1.84. The maximum Gasteiger partial charge on any atom is 0.273 e. The van der Waals surface area contributed by atoms with Crippen molar-refractivity contribution in [1.82, 2.24) is 25.1 Å². The van der Waals surface area contributed by atoms with Crippen LogP contribution in [-0.2, 0) is 0 Å². The molecule has 0 aliphatic heterocycles. The van der Waals surface area contributed by atoms with Crippen molar-refractivity contribution in [2.75, 3.05) is 13.2 Å². The standard InChI is InChI=1S/C30H29Cl2N5O3/c1-18-6-9-24(10-7-18)40-27-26(30(38)33-12-4-5-13-39-25-11-8-19(2)14-20(25)3)36-37-28(34-35-29(27)37)21-15-22(31)17-23(32)16-21/h6-11,14-17,36H,4-5,12-13H2,1-3H3,(H,33,38). The van der Waals surface area contributed by atoms with Crippen LogP contribution in [0, 0.1) is 20.8 Å². The Morgan fingerprint density at radius 1 is 0.925 bits per heavy atom. The van der Waals surface area contributed by atoms with E-state index in [1.54, 1.807) is 22.7 Å². The van der Waals surface area contributed by atoms with Gasteiger partial charge in [0.15, 0.2) is 11.5 Å². The van der Waals surface area contributed by atoms with Crippen LogP contribution in [0.4, 0.5) is 0 Å². The van der Waals surface area contributed by atoms with E-state index < -0.39 is 0 Å². The van der Waals surface area contributed by atoms with Crippen LogP contribution in [0.25, 0.3) is 17.0 Å². The van der Waals surface area contributed by atoms with Gasteiger partial charge in [0.1, 0.15) is 11.5 Å². The minimum Gasteiger partial charge on any atom is -0.493 e. The number of hydrogen-bond acceptors (Lipinski definition) is 5. The Kier molecular flexibility index (Phi) is 8.28. The number of benzene rings is 3. The highest BCUT2D eigenvalue weighted by Gasteiger charge is 2.25. The Balaban J connectivity index is 1.32. The third-order valence-electron chi connectivity index (χ3n) is 6.35. The highest BCUT2D eigenvalue weighted by molar-refractivity contribution is 6.35. The minimum atomic E-state index is -0.321. The lowest BCUT2D eigenvalue weighted by Crippen LogP contribution is -2.25. The fourth-order valence-electron chi connectivity index (χ4n) is 4.32. The molecule has 0 aliphatic rings. The summed E-state index contributed by atoms with van der Waals surface area (Å²) in [6.45, 7) is 7.12. The number of nitrogens with zero attached hydrogens (tertiary/aromatic N) is 3. The van der Waals surface area contributed by atoms with Crippen molar-refractivity contribution in [2.24, 2.45) is 0 Å². The predicted octanol–water partition coefficient (Wildman–Crippen LogP) is 7.34. The van der Waals surface area contributed by atoms with E-state index in [-0.39, 0.29) is 17.4 Å². The van der Waals surface area contributed by atoms with Gasteiger partial charge in [-0.1, -0.05) is 58.6 Å². The number of carbonyl (C=O) groups is 1. The summed E-state index contributed by atoms with van der Waals surface area (Å²) < 4.78 is 13.7. The van der Waals surface area contributed by atoms with Crippen LogP contribution in [0.2, 0.25) is 10.0 Å². The SMILES string of the molecule is Cc1ccc(Oc2c(C(=O)NCCCCOc3ccc(C)cc3C)[nH]n3c(-c4cc(Cl)cc(Cl)c4)nnc23)cc1. The first-order chi connectivity index (χ1) is 19.3. The van der Waals surface area contributed by atoms with E-state index in [0.717, 1.165) is 29.7 Å². The first-order valence-corrected chi connectivity index (χ1v) is 13.7. The van der Waals surface area contributed by atoms with Gasteiger partial charge >= 0.3 is 0 Å². The van der Waals surface area contributed by atoms with E-state index in [1.165, 1.54) is 5.56 Å². The maximum absolute atomic E-state index is 13.3. The summed E-state index contributed by atoms with van der Waals surface area (Å²) in [5.41, 5.74) is 4.64. The molecule has 3 aromatic carbocycles. The quantitative estimate of drug-likeness (QED) is 0.169. The van der Waals surface area contributed by atoms with Gasteiger partial charge in [-0.2, -0.15) is 0 Å². The molecule has 40 heavy (non-hydrogen) atoms. The summed E-state index contributed by atoms with van der Waals surface area (Å²) in [4.78, 5) is 13.3. The van der Waals surface area contributed by atoms with Crippen molar-refractivity contribution in [3.63, 3.8) is 0 Å². The Hall–Kier alpha value is -4.01. The molecule has 1 amide bonds. The molecule has 0 bridgehead atoms. The summed E-state index contributed by atoms with van der Waals surface area (Å²) in [5, 5.41) is 15.6. The zero-order valence-electron chi connectivity index (χ0n) is 22.4. The first-order valence-electron chi connectivity index (χ1n) is 12.9. The highest BCUT2D eigenvalue weighted by atomic mass is 35.5. The topological polar surface area (TPSA) is 93.5 Å². The number of ether oxygens (including phenoxy) is 2. The molecule has 2 aromatic heterocycles. The van der Waals surface area contributed by atoms with Crippen LogP contribution in [0.15, 0.2) is 60.7 Å². The van der Waals surface area contributed by atoms with Crippen LogP contribution in [0.5, 0.6) is 17.2 Å². The molecule has 5 rings (SSSR count). The van der Waals surface area contributed by atoms with E-state index in [2.05, 4.69) is 33.6 Å². The maximum atomic E-state index is 13.3. The van der Waals surface area contributed by atoms with Crippen LogP contribution < -0.4 is 14.8 Å². The Morgan fingerprint density at radius 2 is 1.65 bits per heavy atom. The Labute approximate surface area is 242 Å². The van der Waals surface area contributed by atoms with Gasteiger partial charge in [0.25, 0.3) is 5.91 Å². The Morgan fingerprint density at radius 3 is 2.38 bits per heavy atom. The molecule has 8 nitrogen and oxygen atoms in total. The normalized spacial score (nSPS) is 11.1. The molecular weight excluding hydrogens is 549 g/mol. The summed E-state index contributed by atoms with van der Waals surface area (Å²) in [7, 11) is 0. The van der Waals surface area contributed by atoms with Crippen LogP contribution in [0.3, 0.4) is 0 Å². The second kappa shape index (κ2) is 12.0. The number of hydrogen-bond donors (Lipinski definition) is 2. The molecular formula is C30H29Cl2N5O3. The highest BCUT2D eigenvalue weighted by Crippen LogP contribution is 2.33. The average Bonchev–Trinajstić information content (AvgIpc) is 3.48. The van der Waals surface area contributed by atoms with Crippen molar-refractivity contribution in [3.05, 3.63) is 93.1 Å². The van der Waals surface area contributed by atoms with Gasteiger partial charge in [-0.05, 0) is 75.6 Å². The molecule has 0 aliphatic carbocycles. The second-order valence-electron chi connectivity index (χ2n) is 9.65. The van der Waals surface area contributed by atoms with Crippen LogP contribution in [-0.4, -0.2) is 38.9 Å². The van der Waals surface area contributed by atoms with E-state index >= 15 is 0 Å². The number of halogens is 2. The fraction of sp³-hybridized carbons (Fsp3) is 0.233. The average molecular weight is 579 g/mol. The van der Waals surface area contributed by atoms with E-state index in [9.17, 15) is 4.79 Å². The van der Waals surface area contributed by atoms with Crippen LogP contribution in [0.1, 0.15) is 40.0 Å². The zero-order valence-corrected chi connectivity index (χ0v) is 23.9. The molecule has 10 heteroatoms. The molecule has 5 aromatic rings. The molecule has 2 N–H and O–H groups in total. The van der Waals surface area contributed by atoms with Gasteiger partial charge < -0.3 is 14.8 Å². The van der Waals surface area contributed by atoms with Crippen LogP contribution >= 0.6 is 23.2 Å². The number of aryl methyl sites for hydroxylation is 3. The Bertz CT molecular complexity index is 1640. The summed E-state index contributed by atoms with van der Waals surface area (Å²) in [6.07, 6.45) is 1.54. The predicted molar refractivity (Wildman–Crippen MR) is 157 cm³/mol. The number of unbranched alkanes of at least 4 members (excludes halogenated alkanes) is 1. The molecule has 0 saturated heterocycles. The summed E-state index contributed by atoms with van der Waals surface area (Å²) >= 11 is 12.4. The second-order valence-corrected chi connectivity index (χ2v) is 10.5. The molecule has 0 spiro atoms. The minimum absolute atomic E-state index is 0.228. The largest absolute Gasteiger partial charge is 0.493 e. The van der Waals surface area contributed by atoms with Gasteiger partial charge in [0.05, 0.1) is 6.61 Å². The molecule has 0 fully saturated rings. The molecule has 0 atom stereocenters. The zero-order chi connectivity index (χ0) is 28.2. The van der Waals surface area contributed by atoms with Crippen molar-refractivity contribution >= 4 is 34.8 Å². The number of aromatic amines is 1. The number of aromatic nitrogens is 4. The van der Waals surface area contributed by atoms with Gasteiger partial charge in [0.2, 0.25) is 11.4 Å². The molecule has 0 saturated carbocycles. The molecule has 206 valence electrons. The monoisotopic (exact) mass is 577 g/mol. The smallest absolute Gasteiger partial charge is 0.273 e. The van der Waals surface area contributed by atoms with E-state index in [1.807, 2.05) is 50.2 Å². The molecule has 2 heterocycles. The first kappa shape index (κ1) is 27.6. The van der Waals surface area contributed by atoms with E-state index in [0.29, 0.717) is 46.0 Å². The van der Waals surface area contributed by atoms with Gasteiger partial charge in [-0.15, -0.1) is 10.2 Å². The number of fused-ring (bicyclic) bond motifs is 1. The number of rotatable bonds is 10. The van der Waals surface area contributed by atoms with Gasteiger partial charge in [0, 0.05) is 22.2 Å². The van der Waals surface area contributed by atoms with E-state index in [4.69, 9.17) is 32.7 Å². The third kappa shape index (κ3) is 6.24. The van der Waals surface area contributed by atoms with Gasteiger partial charge in [-0.25, -0.2) is 4.52 Å². The lowest BCUT2D eigenvalue weighted by atomic mass is 10.1. The number of H-pyrrole nitrogens is 1. The molecule has 0 unspecified atom stereocenters. The van der Waals surface area contributed by atoms with Crippen molar-refractivity contribution in [3.8, 4) is 28.6 Å². The van der Waals surface area contributed by atoms with Crippen molar-refractivity contribution < 1.29 is 14.3 Å². The number of nitrogens with one attached hydrogen (secondary N) is 2.